The zero-order valence-corrected chi connectivity index (χ0v) is 11.4. The van der Waals surface area contributed by atoms with Crippen LogP contribution in [-0.4, -0.2) is 16.6 Å². The fraction of sp³-hybridized carbons (Fsp3) is 0.692. The quantitative estimate of drug-likeness (QED) is 0.599. The lowest BCUT2D eigenvalue weighted by Gasteiger charge is -2.13. The van der Waals surface area contributed by atoms with E-state index in [0.29, 0.717) is 30.1 Å². The van der Waals surface area contributed by atoms with Gasteiger partial charge in [0.1, 0.15) is 11.6 Å². The Bertz CT molecular complexity index is 416. The highest BCUT2D eigenvalue weighted by Gasteiger charge is 2.28. The predicted molar refractivity (Wildman–Crippen MR) is 71.5 cm³/mol. The van der Waals surface area contributed by atoms with Gasteiger partial charge in [-0.05, 0) is 32.1 Å². The number of nitrogens with zero attached hydrogens (tertiary/aromatic N) is 2. The van der Waals surface area contributed by atoms with Crippen LogP contribution >= 0.6 is 0 Å². The van der Waals surface area contributed by atoms with Gasteiger partial charge in [0.15, 0.2) is 0 Å². The average Bonchev–Trinajstić information content (AvgIpc) is 3.15. The third kappa shape index (κ3) is 3.10. The SMILES string of the molecule is Cc1c(NN)nc(C2CC2)nc1OCCC(C)C. The Labute approximate surface area is 108 Å². The lowest BCUT2D eigenvalue weighted by molar-refractivity contribution is 0.276. The monoisotopic (exact) mass is 250 g/mol. The van der Waals surface area contributed by atoms with Gasteiger partial charge >= 0.3 is 0 Å². The standard InChI is InChI=1S/C13H22N4O/c1-8(2)6-7-18-13-9(3)11(17-14)15-12(16-13)10-4-5-10/h8,10H,4-7,14H2,1-3H3,(H,15,16,17). The summed E-state index contributed by atoms with van der Waals surface area (Å²) in [5.41, 5.74) is 3.51. The molecule has 1 saturated carbocycles. The fourth-order valence-electron chi connectivity index (χ4n) is 1.71. The smallest absolute Gasteiger partial charge is 0.221 e. The van der Waals surface area contributed by atoms with Crippen molar-refractivity contribution >= 4 is 5.82 Å². The Morgan fingerprint density at radius 3 is 2.67 bits per heavy atom. The summed E-state index contributed by atoms with van der Waals surface area (Å²) in [5.74, 6) is 8.80. The van der Waals surface area contributed by atoms with E-state index in [1.54, 1.807) is 0 Å². The molecule has 0 spiro atoms. The van der Waals surface area contributed by atoms with Gasteiger partial charge in [0, 0.05) is 5.92 Å². The lowest BCUT2D eigenvalue weighted by atomic mass is 10.1. The molecule has 1 aliphatic carbocycles. The minimum absolute atomic E-state index is 0.491. The van der Waals surface area contributed by atoms with Crippen molar-refractivity contribution in [1.82, 2.24) is 9.97 Å². The minimum atomic E-state index is 0.491. The summed E-state index contributed by atoms with van der Waals surface area (Å²) in [4.78, 5) is 8.94. The number of aromatic nitrogens is 2. The molecule has 1 aliphatic rings. The molecule has 1 fully saturated rings. The molecule has 0 atom stereocenters. The first-order chi connectivity index (χ1) is 8.61. The van der Waals surface area contributed by atoms with Gasteiger partial charge in [-0.2, -0.15) is 4.98 Å². The molecule has 0 unspecified atom stereocenters. The van der Waals surface area contributed by atoms with Crippen LogP contribution in [0.15, 0.2) is 0 Å². The van der Waals surface area contributed by atoms with E-state index in [-0.39, 0.29) is 0 Å². The largest absolute Gasteiger partial charge is 0.477 e. The minimum Gasteiger partial charge on any atom is -0.477 e. The summed E-state index contributed by atoms with van der Waals surface area (Å²) in [6, 6.07) is 0. The van der Waals surface area contributed by atoms with Crippen LogP contribution in [0.4, 0.5) is 5.82 Å². The van der Waals surface area contributed by atoms with Crippen LogP contribution in [-0.2, 0) is 0 Å². The number of nitrogens with two attached hydrogens (primary N) is 1. The zero-order chi connectivity index (χ0) is 13.1. The highest BCUT2D eigenvalue weighted by Crippen LogP contribution is 2.39. The van der Waals surface area contributed by atoms with E-state index in [1.165, 1.54) is 12.8 Å². The van der Waals surface area contributed by atoms with Crippen LogP contribution in [0.5, 0.6) is 5.88 Å². The van der Waals surface area contributed by atoms with E-state index in [4.69, 9.17) is 10.6 Å². The van der Waals surface area contributed by atoms with Crippen molar-refractivity contribution in [2.45, 2.75) is 46.0 Å². The number of anilines is 1. The van der Waals surface area contributed by atoms with Gasteiger partial charge in [-0.3, -0.25) is 0 Å². The summed E-state index contributed by atoms with van der Waals surface area (Å²) in [5, 5.41) is 0. The maximum absolute atomic E-state index is 5.76. The second-order valence-corrected chi connectivity index (χ2v) is 5.31. The van der Waals surface area contributed by atoms with Gasteiger partial charge < -0.3 is 10.2 Å². The highest BCUT2D eigenvalue weighted by atomic mass is 16.5. The van der Waals surface area contributed by atoms with E-state index in [2.05, 4.69) is 29.2 Å². The number of nitrogen functional groups attached to an aromatic ring is 1. The number of rotatable bonds is 6. The first-order valence-corrected chi connectivity index (χ1v) is 6.59. The molecule has 1 aromatic rings. The molecule has 3 N–H and O–H groups in total. The molecule has 0 aromatic carbocycles. The Balaban J connectivity index is 2.13. The van der Waals surface area contributed by atoms with Crippen LogP contribution < -0.4 is 16.0 Å². The van der Waals surface area contributed by atoms with Gasteiger partial charge in [0.05, 0.1) is 12.2 Å². The Morgan fingerprint density at radius 1 is 1.39 bits per heavy atom. The van der Waals surface area contributed by atoms with E-state index in [9.17, 15) is 0 Å². The number of hydrogen-bond acceptors (Lipinski definition) is 5. The van der Waals surface area contributed by atoms with Crippen molar-refractivity contribution in [2.24, 2.45) is 11.8 Å². The molecule has 18 heavy (non-hydrogen) atoms. The third-order valence-corrected chi connectivity index (χ3v) is 3.13. The van der Waals surface area contributed by atoms with Crippen molar-refractivity contribution in [1.29, 1.82) is 0 Å². The van der Waals surface area contributed by atoms with Crippen LogP contribution in [0.25, 0.3) is 0 Å². The Hall–Kier alpha value is -1.36. The Kier molecular flexibility index (Phi) is 4.01. The summed E-state index contributed by atoms with van der Waals surface area (Å²) in [7, 11) is 0. The normalized spacial score (nSPS) is 14.9. The van der Waals surface area contributed by atoms with E-state index in [1.807, 2.05) is 6.92 Å². The Morgan fingerprint density at radius 2 is 2.11 bits per heavy atom. The highest BCUT2D eigenvalue weighted by molar-refractivity contribution is 5.48. The molecule has 0 bridgehead atoms. The molecule has 1 aromatic heterocycles. The maximum Gasteiger partial charge on any atom is 0.221 e. The molecule has 0 radical (unpaired) electrons. The molecular formula is C13H22N4O. The van der Waals surface area contributed by atoms with Crippen molar-refractivity contribution in [2.75, 3.05) is 12.0 Å². The molecule has 0 aliphatic heterocycles. The lowest BCUT2D eigenvalue weighted by Crippen LogP contribution is -2.14. The molecule has 0 amide bonds. The predicted octanol–water partition coefficient (Wildman–Crippen LogP) is 2.37. The number of hydrogen-bond donors (Lipinski definition) is 2. The molecule has 2 rings (SSSR count). The third-order valence-electron chi connectivity index (χ3n) is 3.13. The van der Waals surface area contributed by atoms with Gasteiger partial charge in [-0.25, -0.2) is 10.8 Å². The van der Waals surface area contributed by atoms with Gasteiger partial charge in [0.2, 0.25) is 5.88 Å². The first kappa shape index (κ1) is 13.1. The van der Waals surface area contributed by atoms with Gasteiger partial charge in [-0.1, -0.05) is 13.8 Å². The van der Waals surface area contributed by atoms with Crippen LogP contribution in [0.2, 0.25) is 0 Å². The number of hydrazine groups is 1. The summed E-state index contributed by atoms with van der Waals surface area (Å²) in [6.45, 7) is 6.97. The average molecular weight is 250 g/mol. The van der Waals surface area contributed by atoms with Crippen molar-refractivity contribution in [3.8, 4) is 5.88 Å². The second kappa shape index (κ2) is 5.52. The molecule has 1 heterocycles. The van der Waals surface area contributed by atoms with Crippen molar-refractivity contribution < 1.29 is 4.74 Å². The second-order valence-electron chi connectivity index (χ2n) is 5.31. The zero-order valence-electron chi connectivity index (χ0n) is 11.4. The van der Waals surface area contributed by atoms with E-state index < -0.39 is 0 Å². The molecule has 5 heteroatoms. The van der Waals surface area contributed by atoms with Crippen LogP contribution in [0.3, 0.4) is 0 Å². The molecule has 0 saturated heterocycles. The summed E-state index contributed by atoms with van der Waals surface area (Å²) >= 11 is 0. The number of ether oxygens (including phenoxy) is 1. The summed E-state index contributed by atoms with van der Waals surface area (Å²) < 4.78 is 5.76. The van der Waals surface area contributed by atoms with Crippen LogP contribution in [0.1, 0.15) is 50.4 Å². The first-order valence-electron chi connectivity index (χ1n) is 6.59. The van der Waals surface area contributed by atoms with E-state index >= 15 is 0 Å². The van der Waals surface area contributed by atoms with Crippen molar-refractivity contribution in [3.63, 3.8) is 0 Å². The van der Waals surface area contributed by atoms with E-state index in [0.717, 1.165) is 17.8 Å². The fourth-order valence-corrected chi connectivity index (χ4v) is 1.71. The van der Waals surface area contributed by atoms with Crippen LogP contribution in [0, 0.1) is 12.8 Å². The topological polar surface area (TPSA) is 73.1 Å². The molecular weight excluding hydrogens is 228 g/mol. The van der Waals surface area contributed by atoms with Gasteiger partial charge in [0.25, 0.3) is 0 Å². The summed E-state index contributed by atoms with van der Waals surface area (Å²) in [6.07, 6.45) is 3.35. The van der Waals surface area contributed by atoms with Crippen molar-refractivity contribution in [3.05, 3.63) is 11.4 Å². The molecule has 100 valence electrons. The van der Waals surface area contributed by atoms with Gasteiger partial charge in [-0.15, -0.1) is 0 Å². The maximum atomic E-state index is 5.76. The molecule has 5 nitrogen and oxygen atoms in total. The number of nitrogens with one attached hydrogen (secondary N) is 1.